The molecule has 7 heteroatoms. The Morgan fingerprint density at radius 2 is 2.24 bits per heavy atom. The zero-order valence-corrected chi connectivity index (χ0v) is 11.0. The first-order valence-electron chi connectivity index (χ1n) is 5.95. The molecule has 1 atom stereocenters. The summed E-state index contributed by atoms with van der Waals surface area (Å²) in [5.41, 5.74) is 0. The van der Waals surface area contributed by atoms with E-state index in [0.29, 0.717) is 6.42 Å². The van der Waals surface area contributed by atoms with Gasteiger partial charge in [0.1, 0.15) is 5.82 Å². The summed E-state index contributed by atoms with van der Waals surface area (Å²) >= 11 is 0. The molecule has 96 valence electrons. The molecule has 0 fully saturated rings. The minimum absolute atomic E-state index is 0.151. The van der Waals surface area contributed by atoms with Crippen LogP contribution in [0.5, 0.6) is 0 Å². The summed E-state index contributed by atoms with van der Waals surface area (Å²) in [7, 11) is -3.21. The summed E-state index contributed by atoms with van der Waals surface area (Å²) in [5, 5.41) is 8.14. The van der Waals surface area contributed by atoms with Gasteiger partial charge in [-0.05, 0) is 19.8 Å². The van der Waals surface area contributed by atoms with Crippen molar-refractivity contribution in [2.45, 2.75) is 45.7 Å². The van der Waals surface area contributed by atoms with E-state index in [2.05, 4.69) is 14.9 Å². The van der Waals surface area contributed by atoms with E-state index in [1.165, 1.54) is 0 Å². The van der Waals surface area contributed by atoms with Crippen LogP contribution in [-0.2, 0) is 23.0 Å². The average molecular weight is 258 g/mol. The van der Waals surface area contributed by atoms with Gasteiger partial charge < -0.3 is 4.57 Å². The fourth-order valence-electron chi connectivity index (χ4n) is 2.14. The summed E-state index contributed by atoms with van der Waals surface area (Å²) in [4.78, 5) is 0. The highest BCUT2D eigenvalue weighted by Crippen LogP contribution is 2.19. The van der Waals surface area contributed by atoms with Gasteiger partial charge >= 0.3 is 0 Å². The molecule has 0 amide bonds. The molecular formula is C10H18N4O2S. The molecule has 1 unspecified atom stereocenters. The quantitative estimate of drug-likeness (QED) is 0.839. The molecule has 1 aliphatic rings. The predicted molar refractivity (Wildman–Crippen MR) is 64.0 cm³/mol. The predicted octanol–water partition coefficient (Wildman–Crippen LogP) is 0.615. The average Bonchev–Trinajstić information content (AvgIpc) is 2.75. The smallest absolute Gasteiger partial charge is 0.212 e. The van der Waals surface area contributed by atoms with Gasteiger partial charge in [-0.15, -0.1) is 10.2 Å². The Kier molecular flexibility index (Phi) is 3.48. The minimum Gasteiger partial charge on any atom is -0.314 e. The highest BCUT2D eigenvalue weighted by atomic mass is 32.2. The number of nitrogens with zero attached hydrogens (tertiary/aromatic N) is 3. The number of aryl methyl sites for hydroxylation is 1. The fraction of sp³-hybridized carbons (Fsp3) is 0.800. The molecule has 6 nitrogen and oxygen atoms in total. The van der Waals surface area contributed by atoms with E-state index in [1.807, 2.05) is 18.4 Å². The fourth-order valence-corrected chi connectivity index (χ4v) is 3.44. The van der Waals surface area contributed by atoms with Crippen LogP contribution in [0, 0.1) is 0 Å². The van der Waals surface area contributed by atoms with Gasteiger partial charge in [0.15, 0.2) is 5.82 Å². The number of hydrogen-bond acceptors (Lipinski definition) is 4. The van der Waals surface area contributed by atoms with Gasteiger partial charge in [-0.2, -0.15) is 0 Å². The Bertz CT molecular complexity index is 494. The standard InChI is InChI=1S/C10H18N4O2S/c1-3-7-17(15,16)13-8(2)10-12-11-9-5-4-6-14(9)10/h8,13H,3-7H2,1-2H3. The number of rotatable bonds is 5. The van der Waals surface area contributed by atoms with Crippen molar-refractivity contribution in [3.05, 3.63) is 11.6 Å². The van der Waals surface area contributed by atoms with Crippen LogP contribution in [0.4, 0.5) is 0 Å². The molecule has 2 rings (SSSR count). The lowest BCUT2D eigenvalue weighted by molar-refractivity contribution is 0.545. The van der Waals surface area contributed by atoms with Gasteiger partial charge in [0.05, 0.1) is 11.8 Å². The van der Waals surface area contributed by atoms with Crippen molar-refractivity contribution in [2.24, 2.45) is 0 Å². The first-order chi connectivity index (χ1) is 8.03. The number of fused-ring (bicyclic) bond motifs is 1. The lowest BCUT2D eigenvalue weighted by atomic mass is 10.3. The number of aromatic nitrogens is 3. The lowest BCUT2D eigenvalue weighted by Crippen LogP contribution is -2.30. The normalized spacial score (nSPS) is 17.1. The van der Waals surface area contributed by atoms with Crippen molar-refractivity contribution in [3.63, 3.8) is 0 Å². The zero-order chi connectivity index (χ0) is 12.5. The van der Waals surface area contributed by atoms with Crippen LogP contribution >= 0.6 is 0 Å². The Morgan fingerprint density at radius 1 is 1.47 bits per heavy atom. The molecule has 0 bridgehead atoms. The largest absolute Gasteiger partial charge is 0.314 e. The van der Waals surface area contributed by atoms with E-state index >= 15 is 0 Å². The molecule has 1 aromatic rings. The van der Waals surface area contributed by atoms with Gasteiger partial charge in [0.2, 0.25) is 10.0 Å². The second kappa shape index (κ2) is 4.73. The third-order valence-corrected chi connectivity index (χ3v) is 4.51. The topological polar surface area (TPSA) is 76.9 Å². The Labute approximate surface area is 101 Å². The number of hydrogen-bond donors (Lipinski definition) is 1. The van der Waals surface area contributed by atoms with Crippen molar-refractivity contribution in [2.75, 3.05) is 5.75 Å². The monoisotopic (exact) mass is 258 g/mol. The summed E-state index contributed by atoms with van der Waals surface area (Å²) in [6, 6.07) is -0.314. The summed E-state index contributed by atoms with van der Waals surface area (Å²) in [5.74, 6) is 1.83. The second-order valence-electron chi connectivity index (χ2n) is 4.39. The molecule has 1 N–H and O–H groups in total. The van der Waals surface area contributed by atoms with Crippen LogP contribution < -0.4 is 4.72 Å². The van der Waals surface area contributed by atoms with Crippen molar-refractivity contribution >= 4 is 10.0 Å². The maximum atomic E-state index is 11.7. The number of sulfonamides is 1. The first-order valence-corrected chi connectivity index (χ1v) is 7.60. The van der Waals surface area contributed by atoms with Gasteiger partial charge in [-0.25, -0.2) is 13.1 Å². The van der Waals surface area contributed by atoms with Gasteiger partial charge in [0.25, 0.3) is 0 Å². The lowest BCUT2D eigenvalue weighted by Gasteiger charge is -2.13. The molecule has 0 spiro atoms. The van der Waals surface area contributed by atoms with Gasteiger partial charge in [0, 0.05) is 13.0 Å². The number of nitrogens with one attached hydrogen (secondary N) is 1. The molecule has 0 aromatic carbocycles. The molecule has 17 heavy (non-hydrogen) atoms. The van der Waals surface area contributed by atoms with Crippen molar-refractivity contribution in [1.29, 1.82) is 0 Å². The van der Waals surface area contributed by atoms with Crippen molar-refractivity contribution < 1.29 is 8.42 Å². The third-order valence-electron chi connectivity index (χ3n) is 2.85. The molecule has 0 saturated heterocycles. The zero-order valence-electron chi connectivity index (χ0n) is 10.2. The Morgan fingerprint density at radius 3 is 2.94 bits per heavy atom. The van der Waals surface area contributed by atoms with Crippen molar-refractivity contribution in [1.82, 2.24) is 19.5 Å². The third kappa shape index (κ3) is 2.66. The van der Waals surface area contributed by atoms with Crippen LogP contribution in [0.15, 0.2) is 0 Å². The van der Waals surface area contributed by atoms with Gasteiger partial charge in [-0.1, -0.05) is 6.92 Å². The Balaban J connectivity index is 2.12. The van der Waals surface area contributed by atoms with Crippen LogP contribution in [0.25, 0.3) is 0 Å². The molecule has 0 saturated carbocycles. The van der Waals surface area contributed by atoms with E-state index in [4.69, 9.17) is 0 Å². The summed E-state index contributed by atoms with van der Waals surface area (Å²) in [6.45, 7) is 4.54. The molecular weight excluding hydrogens is 240 g/mol. The van der Waals surface area contributed by atoms with Gasteiger partial charge in [-0.3, -0.25) is 0 Å². The highest BCUT2D eigenvalue weighted by Gasteiger charge is 2.23. The second-order valence-corrected chi connectivity index (χ2v) is 6.26. The summed E-state index contributed by atoms with van der Waals surface area (Å²) in [6.07, 6.45) is 2.60. The first kappa shape index (κ1) is 12.5. The maximum absolute atomic E-state index is 11.7. The van der Waals surface area contributed by atoms with E-state index in [0.717, 1.165) is 31.0 Å². The highest BCUT2D eigenvalue weighted by molar-refractivity contribution is 7.89. The SMILES string of the molecule is CCCS(=O)(=O)NC(C)c1nnc2n1CCC2. The van der Waals surface area contributed by atoms with E-state index in [-0.39, 0.29) is 11.8 Å². The maximum Gasteiger partial charge on any atom is 0.212 e. The minimum atomic E-state index is -3.21. The molecule has 2 heterocycles. The van der Waals surface area contributed by atoms with E-state index < -0.39 is 10.0 Å². The van der Waals surface area contributed by atoms with Crippen LogP contribution in [0.1, 0.15) is 44.4 Å². The van der Waals surface area contributed by atoms with E-state index in [1.54, 1.807) is 0 Å². The van der Waals surface area contributed by atoms with Crippen LogP contribution in [0.2, 0.25) is 0 Å². The van der Waals surface area contributed by atoms with E-state index in [9.17, 15) is 8.42 Å². The van der Waals surface area contributed by atoms with Crippen LogP contribution in [-0.4, -0.2) is 28.9 Å². The molecule has 1 aromatic heterocycles. The molecule has 0 radical (unpaired) electrons. The molecule has 1 aliphatic heterocycles. The Hall–Kier alpha value is -0.950. The van der Waals surface area contributed by atoms with Crippen LogP contribution in [0.3, 0.4) is 0 Å². The van der Waals surface area contributed by atoms with Crippen molar-refractivity contribution in [3.8, 4) is 0 Å². The molecule has 0 aliphatic carbocycles. The summed E-state index contributed by atoms with van der Waals surface area (Å²) < 4.78 is 28.0.